The molecule has 2 nitrogen and oxygen atoms in total. The number of halogens is 2. The van der Waals surface area contributed by atoms with Crippen LogP contribution in [0.2, 0.25) is 0 Å². The lowest BCUT2D eigenvalue weighted by Gasteiger charge is -2.08. The van der Waals surface area contributed by atoms with Crippen molar-refractivity contribution >= 4 is 0 Å². The average Bonchev–Trinajstić information content (AvgIpc) is 2.40. The van der Waals surface area contributed by atoms with Crippen LogP contribution in [0.4, 0.5) is 8.78 Å². The summed E-state index contributed by atoms with van der Waals surface area (Å²) < 4.78 is 26.1. The number of phenolic OH excluding ortho intramolecular Hbond substituents is 1. The minimum absolute atomic E-state index is 0.223. The van der Waals surface area contributed by atoms with Gasteiger partial charge in [-0.3, -0.25) is 0 Å². The molecule has 2 aromatic carbocycles. The predicted octanol–water partition coefficient (Wildman–Crippen LogP) is 3.31. The minimum atomic E-state index is -0.612. The van der Waals surface area contributed by atoms with Gasteiger partial charge in [0, 0.05) is 6.54 Å². The number of aryl methyl sites for hydroxylation is 1. The van der Waals surface area contributed by atoms with Gasteiger partial charge in [0.15, 0.2) is 11.6 Å². The Kier molecular flexibility index (Phi) is 4.69. The summed E-state index contributed by atoms with van der Waals surface area (Å²) in [6.45, 7) is 3.13. The highest BCUT2D eigenvalue weighted by Gasteiger charge is 2.02. The Morgan fingerprint density at radius 2 is 1.90 bits per heavy atom. The maximum absolute atomic E-state index is 13.1. The van der Waals surface area contributed by atoms with Crippen LogP contribution in [0, 0.1) is 18.6 Å². The number of phenols is 1. The van der Waals surface area contributed by atoms with Crippen molar-refractivity contribution in [2.45, 2.75) is 19.9 Å². The predicted molar refractivity (Wildman–Crippen MR) is 74.6 cm³/mol. The molecule has 2 aromatic rings. The first-order chi connectivity index (χ1) is 9.56. The SMILES string of the molecule is Cc1cc(F)ccc1CCNCc1ccc(O)c(F)c1. The molecule has 2 rings (SSSR count). The Morgan fingerprint density at radius 3 is 2.60 bits per heavy atom. The fraction of sp³-hybridized carbons (Fsp3) is 0.250. The first-order valence-electron chi connectivity index (χ1n) is 6.49. The fourth-order valence-electron chi connectivity index (χ4n) is 2.06. The number of hydrogen-bond acceptors (Lipinski definition) is 2. The van der Waals surface area contributed by atoms with Gasteiger partial charge in [0.25, 0.3) is 0 Å². The number of rotatable bonds is 5. The molecule has 0 unspecified atom stereocenters. The van der Waals surface area contributed by atoms with E-state index in [9.17, 15) is 8.78 Å². The molecule has 0 aromatic heterocycles. The lowest BCUT2D eigenvalue weighted by molar-refractivity contribution is 0.431. The van der Waals surface area contributed by atoms with E-state index in [1.807, 2.05) is 6.92 Å². The summed E-state index contributed by atoms with van der Waals surface area (Å²) in [5, 5.41) is 12.3. The third-order valence-electron chi connectivity index (χ3n) is 3.22. The lowest BCUT2D eigenvalue weighted by atomic mass is 10.1. The van der Waals surface area contributed by atoms with Crippen LogP contribution in [0.25, 0.3) is 0 Å². The van der Waals surface area contributed by atoms with Crippen molar-refractivity contribution in [3.8, 4) is 5.75 Å². The van der Waals surface area contributed by atoms with Crippen LogP contribution < -0.4 is 5.32 Å². The van der Waals surface area contributed by atoms with Crippen molar-refractivity contribution < 1.29 is 13.9 Å². The van der Waals surface area contributed by atoms with E-state index in [1.165, 1.54) is 24.3 Å². The van der Waals surface area contributed by atoms with E-state index in [0.29, 0.717) is 6.54 Å². The Balaban J connectivity index is 1.82. The number of aromatic hydroxyl groups is 1. The van der Waals surface area contributed by atoms with E-state index in [0.717, 1.165) is 29.7 Å². The topological polar surface area (TPSA) is 32.3 Å². The molecule has 0 aliphatic heterocycles. The summed E-state index contributed by atoms with van der Waals surface area (Å²) in [4.78, 5) is 0. The van der Waals surface area contributed by atoms with Crippen molar-refractivity contribution in [3.63, 3.8) is 0 Å². The van der Waals surface area contributed by atoms with Gasteiger partial charge >= 0.3 is 0 Å². The molecule has 0 atom stereocenters. The Hall–Kier alpha value is -1.94. The van der Waals surface area contributed by atoms with Gasteiger partial charge in [-0.2, -0.15) is 0 Å². The minimum Gasteiger partial charge on any atom is -0.505 e. The van der Waals surface area contributed by atoms with E-state index < -0.39 is 5.82 Å². The first kappa shape index (κ1) is 14.5. The Morgan fingerprint density at radius 1 is 1.10 bits per heavy atom. The fourth-order valence-corrected chi connectivity index (χ4v) is 2.06. The molecule has 0 aliphatic rings. The summed E-state index contributed by atoms with van der Waals surface area (Å²) in [6, 6.07) is 9.09. The summed E-state index contributed by atoms with van der Waals surface area (Å²) in [5.74, 6) is -1.17. The van der Waals surface area contributed by atoms with Crippen LogP contribution >= 0.6 is 0 Å². The molecular weight excluding hydrogens is 260 g/mol. The van der Waals surface area contributed by atoms with Gasteiger partial charge in [-0.1, -0.05) is 12.1 Å². The lowest BCUT2D eigenvalue weighted by Crippen LogP contribution is -2.17. The Labute approximate surface area is 117 Å². The quantitative estimate of drug-likeness (QED) is 0.822. The zero-order valence-electron chi connectivity index (χ0n) is 11.3. The maximum Gasteiger partial charge on any atom is 0.165 e. The molecule has 0 radical (unpaired) electrons. The molecule has 20 heavy (non-hydrogen) atoms. The zero-order valence-corrected chi connectivity index (χ0v) is 11.3. The normalized spacial score (nSPS) is 10.8. The Bertz CT molecular complexity index is 599. The van der Waals surface area contributed by atoms with Crippen molar-refractivity contribution in [2.24, 2.45) is 0 Å². The smallest absolute Gasteiger partial charge is 0.165 e. The third kappa shape index (κ3) is 3.78. The van der Waals surface area contributed by atoms with E-state index >= 15 is 0 Å². The molecule has 0 amide bonds. The van der Waals surface area contributed by atoms with Crippen molar-refractivity contribution in [2.75, 3.05) is 6.54 Å². The number of hydrogen-bond donors (Lipinski definition) is 2. The molecule has 0 saturated heterocycles. The standard InChI is InChI=1S/C16H17F2NO/c1-11-8-14(17)4-3-13(11)6-7-19-10-12-2-5-16(20)15(18)9-12/h2-5,8-9,19-20H,6-7,10H2,1H3. The molecule has 2 N–H and O–H groups in total. The highest BCUT2D eigenvalue weighted by atomic mass is 19.1. The van der Waals surface area contributed by atoms with Gasteiger partial charge in [0.2, 0.25) is 0 Å². The molecule has 4 heteroatoms. The molecule has 0 heterocycles. The van der Waals surface area contributed by atoms with Gasteiger partial charge < -0.3 is 10.4 Å². The molecule has 0 spiro atoms. The van der Waals surface area contributed by atoms with Crippen LogP contribution in [0.5, 0.6) is 5.75 Å². The first-order valence-corrected chi connectivity index (χ1v) is 6.49. The number of nitrogens with one attached hydrogen (secondary N) is 1. The summed E-state index contributed by atoms with van der Waals surface area (Å²) in [7, 11) is 0. The summed E-state index contributed by atoms with van der Waals surface area (Å²) in [5.41, 5.74) is 2.80. The second-order valence-electron chi connectivity index (χ2n) is 4.78. The van der Waals surface area contributed by atoms with Crippen LogP contribution in [0.3, 0.4) is 0 Å². The third-order valence-corrected chi connectivity index (χ3v) is 3.22. The molecule has 0 aliphatic carbocycles. The van der Waals surface area contributed by atoms with E-state index in [-0.39, 0.29) is 11.6 Å². The molecule has 0 bridgehead atoms. The molecule has 106 valence electrons. The van der Waals surface area contributed by atoms with Crippen molar-refractivity contribution in [3.05, 3.63) is 64.7 Å². The summed E-state index contributed by atoms with van der Waals surface area (Å²) >= 11 is 0. The van der Waals surface area contributed by atoms with Gasteiger partial charge in [0.05, 0.1) is 0 Å². The van der Waals surface area contributed by atoms with Crippen LogP contribution in [0.15, 0.2) is 36.4 Å². The van der Waals surface area contributed by atoms with Gasteiger partial charge in [-0.25, -0.2) is 8.78 Å². The zero-order chi connectivity index (χ0) is 14.5. The van der Waals surface area contributed by atoms with Crippen LogP contribution in [-0.2, 0) is 13.0 Å². The second kappa shape index (κ2) is 6.48. The largest absolute Gasteiger partial charge is 0.505 e. The van der Waals surface area contributed by atoms with Crippen molar-refractivity contribution in [1.29, 1.82) is 0 Å². The van der Waals surface area contributed by atoms with Crippen molar-refractivity contribution in [1.82, 2.24) is 5.32 Å². The monoisotopic (exact) mass is 277 g/mol. The summed E-state index contributed by atoms with van der Waals surface area (Å²) in [6.07, 6.45) is 0.784. The average molecular weight is 277 g/mol. The van der Waals surface area contributed by atoms with Gasteiger partial charge in [-0.15, -0.1) is 0 Å². The van der Waals surface area contributed by atoms with Gasteiger partial charge in [0.1, 0.15) is 5.82 Å². The van der Waals surface area contributed by atoms with Crippen LogP contribution in [-0.4, -0.2) is 11.7 Å². The highest BCUT2D eigenvalue weighted by Crippen LogP contribution is 2.16. The van der Waals surface area contributed by atoms with E-state index in [4.69, 9.17) is 5.11 Å². The number of benzene rings is 2. The molecule has 0 saturated carbocycles. The maximum atomic E-state index is 13.1. The second-order valence-corrected chi connectivity index (χ2v) is 4.78. The van der Waals surface area contributed by atoms with E-state index in [2.05, 4.69) is 5.32 Å². The van der Waals surface area contributed by atoms with Crippen LogP contribution in [0.1, 0.15) is 16.7 Å². The molecule has 0 fully saturated rings. The highest BCUT2D eigenvalue weighted by molar-refractivity contribution is 5.28. The van der Waals surface area contributed by atoms with E-state index in [1.54, 1.807) is 12.1 Å². The van der Waals surface area contributed by atoms with Gasteiger partial charge in [-0.05, 0) is 60.8 Å². The molecular formula is C16H17F2NO.